The second-order valence-corrected chi connectivity index (χ2v) is 7.05. The van der Waals surface area contributed by atoms with Crippen LogP contribution < -0.4 is 0 Å². The molecule has 0 N–H and O–H groups in total. The minimum Gasteiger partial charge on any atom is -0.281 e. The van der Waals surface area contributed by atoms with Gasteiger partial charge in [-0.1, -0.05) is 18.9 Å². The molecule has 0 atom stereocenters. The third-order valence-corrected chi connectivity index (χ3v) is 5.32. The highest BCUT2D eigenvalue weighted by Crippen LogP contribution is 2.38. The highest BCUT2D eigenvalue weighted by atomic mass is 19.4. The molecule has 5 nitrogen and oxygen atoms in total. The van der Waals surface area contributed by atoms with Gasteiger partial charge in [-0.05, 0) is 31.1 Å². The zero-order chi connectivity index (χ0) is 18.6. The van der Waals surface area contributed by atoms with Crippen LogP contribution in [-0.4, -0.2) is 26.5 Å². The molecule has 0 unspecified atom stereocenters. The average Bonchev–Trinajstić information content (AvgIpc) is 3.37. The molecule has 3 heterocycles. The molecule has 1 aliphatic heterocycles. The fourth-order valence-corrected chi connectivity index (χ4v) is 3.99. The first-order valence-electron chi connectivity index (χ1n) is 9.00. The van der Waals surface area contributed by atoms with E-state index in [1.807, 2.05) is 12.2 Å². The summed E-state index contributed by atoms with van der Waals surface area (Å²) in [5.41, 5.74) is 2.39. The molecule has 0 saturated heterocycles. The number of rotatable bonds is 2. The van der Waals surface area contributed by atoms with Gasteiger partial charge in [-0.2, -0.15) is 23.4 Å². The van der Waals surface area contributed by atoms with E-state index in [2.05, 4.69) is 20.2 Å². The average molecular weight is 371 g/mol. The van der Waals surface area contributed by atoms with Crippen LogP contribution in [-0.2, 0) is 6.18 Å². The quantitative estimate of drug-likeness (QED) is 0.767. The Bertz CT molecular complexity index is 1050. The molecule has 0 spiro atoms. The Morgan fingerprint density at radius 2 is 1.89 bits per heavy atom. The first kappa shape index (κ1) is 16.4. The Morgan fingerprint density at radius 1 is 1.07 bits per heavy atom. The molecular formula is C19H16F3N5. The summed E-state index contributed by atoms with van der Waals surface area (Å²) < 4.78 is 41.5. The van der Waals surface area contributed by atoms with Crippen molar-refractivity contribution >= 4 is 28.8 Å². The van der Waals surface area contributed by atoms with Crippen LogP contribution in [0.5, 0.6) is 0 Å². The molecule has 1 saturated carbocycles. The van der Waals surface area contributed by atoms with Crippen LogP contribution in [0.3, 0.4) is 0 Å². The molecule has 2 aromatic heterocycles. The van der Waals surface area contributed by atoms with Gasteiger partial charge in [0.2, 0.25) is 0 Å². The molecule has 2 aliphatic carbocycles. The van der Waals surface area contributed by atoms with E-state index in [0.29, 0.717) is 11.9 Å². The lowest BCUT2D eigenvalue weighted by Crippen LogP contribution is -2.13. The van der Waals surface area contributed by atoms with Gasteiger partial charge in [-0.15, -0.1) is 0 Å². The van der Waals surface area contributed by atoms with Gasteiger partial charge in [0.1, 0.15) is 17.0 Å². The van der Waals surface area contributed by atoms with Crippen LogP contribution in [0.25, 0.3) is 16.9 Å². The van der Waals surface area contributed by atoms with Gasteiger partial charge >= 0.3 is 6.18 Å². The minimum atomic E-state index is -4.49. The molecule has 5 rings (SSSR count). The molecule has 0 radical (unpaired) electrons. The Labute approximate surface area is 153 Å². The number of aromatic nitrogens is 3. The van der Waals surface area contributed by atoms with Crippen molar-refractivity contribution in [1.82, 2.24) is 14.5 Å². The maximum atomic E-state index is 13.2. The Balaban J connectivity index is 1.72. The van der Waals surface area contributed by atoms with Crippen molar-refractivity contribution in [3.05, 3.63) is 41.4 Å². The molecule has 138 valence electrons. The van der Waals surface area contributed by atoms with Crippen molar-refractivity contribution in [2.45, 2.75) is 44.2 Å². The van der Waals surface area contributed by atoms with Crippen LogP contribution in [0.1, 0.15) is 49.5 Å². The lowest BCUT2D eigenvalue weighted by atomic mass is 10.0. The zero-order valence-corrected chi connectivity index (χ0v) is 14.4. The predicted octanol–water partition coefficient (Wildman–Crippen LogP) is 4.72. The molecule has 0 aromatic carbocycles. The highest BCUT2D eigenvalue weighted by Gasteiger charge is 2.34. The maximum Gasteiger partial charge on any atom is 0.433 e. The fraction of sp³-hybridized carbons (Fsp3) is 0.368. The Kier molecular flexibility index (Phi) is 3.57. The lowest BCUT2D eigenvalue weighted by molar-refractivity contribution is -0.141. The van der Waals surface area contributed by atoms with Gasteiger partial charge in [0.05, 0.1) is 11.9 Å². The van der Waals surface area contributed by atoms with Crippen molar-refractivity contribution in [3.63, 3.8) is 0 Å². The molecule has 3 aliphatic rings. The minimum absolute atomic E-state index is 0.236. The maximum absolute atomic E-state index is 13.2. The van der Waals surface area contributed by atoms with E-state index in [4.69, 9.17) is 0 Å². The van der Waals surface area contributed by atoms with Gasteiger partial charge in [-0.25, -0.2) is 9.97 Å². The summed E-state index contributed by atoms with van der Waals surface area (Å²) in [5.74, 6) is 1.04. The van der Waals surface area contributed by atoms with Crippen LogP contribution in [0.15, 0.2) is 40.1 Å². The largest absolute Gasteiger partial charge is 0.433 e. The highest BCUT2D eigenvalue weighted by molar-refractivity contribution is 6.21. The molecule has 1 fully saturated rings. The molecule has 2 aromatic rings. The van der Waals surface area contributed by atoms with Crippen molar-refractivity contribution in [3.8, 4) is 0 Å². The van der Waals surface area contributed by atoms with E-state index in [1.54, 1.807) is 10.8 Å². The van der Waals surface area contributed by atoms with E-state index in [1.165, 1.54) is 6.07 Å². The van der Waals surface area contributed by atoms with Gasteiger partial charge in [-0.3, -0.25) is 4.57 Å². The number of imidazole rings is 1. The van der Waals surface area contributed by atoms with Crippen molar-refractivity contribution in [2.24, 2.45) is 10.2 Å². The number of hydrogen-bond acceptors (Lipinski definition) is 4. The van der Waals surface area contributed by atoms with Gasteiger partial charge in [0, 0.05) is 23.6 Å². The molecule has 0 amide bonds. The van der Waals surface area contributed by atoms with E-state index in [0.717, 1.165) is 54.6 Å². The number of allylic oxidation sites excluding steroid dienone is 4. The number of halogens is 3. The smallest absolute Gasteiger partial charge is 0.281 e. The monoisotopic (exact) mass is 371 g/mol. The van der Waals surface area contributed by atoms with Gasteiger partial charge in [0.15, 0.2) is 5.65 Å². The standard InChI is InChI=1S/C19H16F3N5/c20-19(21,22)16-8-7-15-18(25-16)27(17(24-15)11-3-1-2-4-11)13-5-6-14-12(9-13)10-23-26-14/h5,7-11H,1-4,6H2. The molecular weight excluding hydrogens is 355 g/mol. The van der Waals surface area contributed by atoms with Crippen LogP contribution in [0.4, 0.5) is 13.2 Å². The first-order chi connectivity index (χ1) is 13.0. The summed E-state index contributed by atoms with van der Waals surface area (Å²) in [4.78, 5) is 8.62. The second-order valence-electron chi connectivity index (χ2n) is 7.05. The van der Waals surface area contributed by atoms with E-state index < -0.39 is 11.9 Å². The van der Waals surface area contributed by atoms with Crippen LogP contribution >= 0.6 is 0 Å². The Hall–Kier alpha value is -2.77. The summed E-state index contributed by atoms with van der Waals surface area (Å²) in [6, 6.07) is 2.42. The zero-order valence-electron chi connectivity index (χ0n) is 14.4. The number of hydrogen-bond donors (Lipinski definition) is 0. The van der Waals surface area contributed by atoms with Crippen molar-refractivity contribution in [2.75, 3.05) is 0 Å². The molecule has 27 heavy (non-hydrogen) atoms. The van der Waals surface area contributed by atoms with Crippen molar-refractivity contribution in [1.29, 1.82) is 0 Å². The second kappa shape index (κ2) is 5.87. The molecule has 8 heteroatoms. The Morgan fingerprint density at radius 3 is 2.67 bits per heavy atom. The van der Waals surface area contributed by atoms with Crippen LogP contribution in [0.2, 0.25) is 0 Å². The van der Waals surface area contributed by atoms with Crippen molar-refractivity contribution < 1.29 is 13.2 Å². The normalized spacial score (nSPS) is 20.0. The fourth-order valence-electron chi connectivity index (χ4n) is 3.99. The number of pyridine rings is 1. The lowest BCUT2D eigenvalue weighted by Gasteiger charge is -2.17. The topological polar surface area (TPSA) is 55.4 Å². The summed E-state index contributed by atoms with van der Waals surface area (Å²) in [7, 11) is 0. The summed E-state index contributed by atoms with van der Waals surface area (Å²) >= 11 is 0. The predicted molar refractivity (Wildman–Crippen MR) is 96.6 cm³/mol. The molecule has 0 bridgehead atoms. The number of nitrogens with zero attached hydrogens (tertiary/aromatic N) is 5. The third-order valence-electron chi connectivity index (χ3n) is 5.32. The first-order valence-corrected chi connectivity index (χ1v) is 9.00. The SMILES string of the molecule is FC(F)(F)c1ccc2nc(C3CCCC3)n(C3=CCC4=NN=CC4=C3)c2n1. The third kappa shape index (κ3) is 2.70. The summed E-state index contributed by atoms with van der Waals surface area (Å²) in [5, 5.41) is 7.99. The number of fused-ring (bicyclic) bond motifs is 2. The van der Waals surface area contributed by atoms with Crippen LogP contribution in [0, 0.1) is 0 Å². The summed E-state index contributed by atoms with van der Waals surface area (Å²) in [6.45, 7) is 0. The number of alkyl halides is 3. The van der Waals surface area contributed by atoms with Gasteiger partial charge in [0.25, 0.3) is 0 Å². The van der Waals surface area contributed by atoms with E-state index in [-0.39, 0.29) is 11.6 Å². The van der Waals surface area contributed by atoms with E-state index >= 15 is 0 Å². The van der Waals surface area contributed by atoms with E-state index in [9.17, 15) is 13.2 Å². The summed E-state index contributed by atoms with van der Waals surface area (Å²) in [6.07, 6.45) is 5.83. The van der Waals surface area contributed by atoms with Gasteiger partial charge < -0.3 is 0 Å².